The third-order valence-corrected chi connectivity index (χ3v) is 8.54. The van der Waals surface area contributed by atoms with E-state index in [1.165, 1.54) is 25.6 Å². The number of sulfonamides is 1. The first-order chi connectivity index (χ1) is 18.6. The highest BCUT2D eigenvalue weighted by Crippen LogP contribution is 2.32. The number of nitrogens with zero attached hydrogens (tertiary/aromatic N) is 4. The van der Waals surface area contributed by atoms with E-state index in [-0.39, 0.29) is 27.7 Å². The normalized spacial score (nSPS) is 17.8. The van der Waals surface area contributed by atoms with Gasteiger partial charge in [0.1, 0.15) is 5.82 Å². The molecule has 2 saturated heterocycles. The second-order valence-corrected chi connectivity index (χ2v) is 12.5. The number of aromatic nitrogens is 2. The molecular formula is C28H34FN5O4S. The van der Waals surface area contributed by atoms with Crippen LogP contribution in [0.1, 0.15) is 25.8 Å². The third-order valence-electron chi connectivity index (χ3n) is 7.16. The molecule has 0 atom stereocenters. The summed E-state index contributed by atoms with van der Waals surface area (Å²) in [4.78, 5) is 12.6. The average Bonchev–Trinajstić information content (AvgIpc) is 3.26. The van der Waals surface area contributed by atoms with Crippen molar-refractivity contribution in [3.8, 4) is 17.0 Å². The highest BCUT2D eigenvalue weighted by atomic mass is 32.2. The molecule has 0 saturated carbocycles. The van der Waals surface area contributed by atoms with Crippen molar-refractivity contribution in [1.29, 1.82) is 0 Å². The molecular weight excluding hydrogens is 521 g/mol. The number of halogens is 1. The lowest BCUT2D eigenvalue weighted by atomic mass is 9.93. The van der Waals surface area contributed by atoms with Crippen LogP contribution in [0.15, 0.2) is 53.8 Å². The van der Waals surface area contributed by atoms with Gasteiger partial charge in [-0.15, -0.1) is 0 Å². The van der Waals surface area contributed by atoms with Crippen LogP contribution in [0.5, 0.6) is 5.88 Å². The number of hydrogen-bond donors (Lipinski definition) is 1. The van der Waals surface area contributed by atoms with Crippen LogP contribution in [0.4, 0.5) is 15.8 Å². The fourth-order valence-corrected chi connectivity index (χ4v) is 6.30. The molecule has 0 bridgehead atoms. The van der Waals surface area contributed by atoms with Crippen molar-refractivity contribution in [3.05, 3.63) is 60.3 Å². The first kappa shape index (κ1) is 27.3. The number of morpholine rings is 1. The molecule has 39 heavy (non-hydrogen) atoms. The summed E-state index contributed by atoms with van der Waals surface area (Å²) in [5, 5.41) is 0. The molecule has 0 spiro atoms. The summed E-state index contributed by atoms with van der Waals surface area (Å²) >= 11 is 0. The maximum absolute atomic E-state index is 15.2. The van der Waals surface area contributed by atoms with Gasteiger partial charge in [0.2, 0.25) is 5.88 Å². The van der Waals surface area contributed by atoms with Gasteiger partial charge in [-0.05, 0) is 42.1 Å². The molecule has 2 aliphatic heterocycles. The molecule has 0 amide bonds. The molecule has 0 aliphatic carbocycles. The first-order valence-corrected chi connectivity index (χ1v) is 14.5. The zero-order valence-corrected chi connectivity index (χ0v) is 23.3. The highest BCUT2D eigenvalue weighted by Gasteiger charge is 2.29. The van der Waals surface area contributed by atoms with Gasteiger partial charge in [-0.25, -0.2) is 17.8 Å². The number of pyridine rings is 2. The molecule has 9 nitrogen and oxygen atoms in total. The van der Waals surface area contributed by atoms with E-state index >= 15 is 4.39 Å². The summed E-state index contributed by atoms with van der Waals surface area (Å²) in [6.07, 6.45) is 5.61. The lowest BCUT2D eigenvalue weighted by Gasteiger charge is -2.29. The second kappa shape index (κ2) is 11.1. The number of anilines is 2. The molecule has 208 valence electrons. The fourth-order valence-electron chi connectivity index (χ4n) is 5.12. The molecule has 2 aromatic heterocycles. The van der Waals surface area contributed by atoms with Crippen LogP contribution in [0, 0.1) is 11.2 Å². The molecule has 1 aromatic carbocycles. The predicted molar refractivity (Wildman–Crippen MR) is 148 cm³/mol. The van der Waals surface area contributed by atoms with Gasteiger partial charge in [0.15, 0.2) is 4.90 Å². The number of benzene rings is 1. The van der Waals surface area contributed by atoms with E-state index < -0.39 is 10.0 Å². The SMILES string of the molecule is COc1ncc(N2CCOCC2)cc1S(=O)(=O)Nc1cncc(-c2ccc(CN3CCC(C)(C)C3)cc2F)c1. The number of methoxy groups -OCH3 is 1. The quantitative estimate of drug-likeness (QED) is 0.443. The van der Waals surface area contributed by atoms with E-state index in [0.717, 1.165) is 25.1 Å². The van der Waals surface area contributed by atoms with Gasteiger partial charge in [0.25, 0.3) is 10.0 Å². The lowest BCUT2D eigenvalue weighted by Crippen LogP contribution is -2.36. The largest absolute Gasteiger partial charge is 0.480 e. The van der Waals surface area contributed by atoms with Crippen LogP contribution >= 0.6 is 0 Å². The summed E-state index contributed by atoms with van der Waals surface area (Å²) in [5.41, 5.74) is 2.86. The monoisotopic (exact) mass is 555 g/mol. The number of hydrogen-bond acceptors (Lipinski definition) is 8. The van der Waals surface area contributed by atoms with E-state index in [4.69, 9.17) is 9.47 Å². The van der Waals surface area contributed by atoms with Crippen LogP contribution in [0.3, 0.4) is 0 Å². The Labute approximate surface area is 229 Å². The number of rotatable bonds is 8. The van der Waals surface area contributed by atoms with Gasteiger partial charge in [0, 0.05) is 43.5 Å². The zero-order chi connectivity index (χ0) is 27.6. The van der Waals surface area contributed by atoms with E-state index in [1.54, 1.807) is 24.4 Å². The molecule has 0 unspecified atom stereocenters. The van der Waals surface area contributed by atoms with Crippen molar-refractivity contribution in [2.24, 2.45) is 5.41 Å². The Balaban J connectivity index is 1.36. The smallest absolute Gasteiger partial charge is 0.267 e. The molecule has 11 heteroatoms. The Morgan fingerprint density at radius 2 is 1.90 bits per heavy atom. The molecule has 3 aromatic rings. The molecule has 1 N–H and O–H groups in total. The van der Waals surface area contributed by atoms with Crippen molar-refractivity contribution in [3.63, 3.8) is 0 Å². The summed E-state index contributed by atoms with van der Waals surface area (Å²) < 4.78 is 55.2. The second-order valence-electron chi connectivity index (χ2n) is 10.8. The van der Waals surface area contributed by atoms with Crippen molar-refractivity contribution in [2.75, 3.05) is 56.1 Å². The van der Waals surface area contributed by atoms with Gasteiger partial charge in [0.05, 0.1) is 44.1 Å². The highest BCUT2D eigenvalue weighted by molar-refractivity contribution is 7.92. The van der Waals surface area contributed by atoms with Crippen molar-refractivity contribution in [2.45, 2.75) is 31.7 Å². The van der Waals surface area contributed by atoms with E-state index in [9.17, 15) is 8.42 Å². The van der Waals surface area contributed by atoms with Gasteiger partial charge in [-0.3, -0.25) is 14.6 Å². The standard InChI is InChI=1S/C28H34FN5O4S/c1-28(2)6-7-33(19-28)18-20-4-5-24(25(29)12-20)21-13-22(16-30-15-21)32-39(35,36)26-14-23(17-31-27(26)37-3)34-8-10-38-11-9-34/h4-5,12-17,32H,6-11,18-19H2,1-3H3. The minimum atomic E-state index is -4.09. The van der Waals surface area contributed by atoms with Crippen LogP contribution in [-0.2, 0) is 21.3 Å². The van der Waals surface area contributed by atoms with Gasteiger partial charge in [-0.1, -0.05) is 26.0 Å². The molecule has 4 heterocycles. The minimum absolute atomic E-state index is 0.0216. The maximum Gasteiger partial charge on any atom is 0.267 e. The number of ether oxygens (including phenoxy) is 2. The third kappa shape index (κ3) is 6.32. The predicted octanol–water partition coefficient (Wildman–Crippen LogP) is 4.16. The summed E-state index contributed by atoms with van der Waals surface area (Å²) in [6, 6.07) is 8.29. The lowest BCUT2D eigenvalue weighted by molar-refractivity contribution is 0.122. The molecule has 2 aliphatic rings. The Hall–Kier alpha value is -3.28. The Bertz CT molecular complexity index is 1440. The topological polar surface area (TPSA) is 96.9 Å². The van der Waals surface area contributed by atoms with E-state index in [1.807, 2.05) is 11.0 Å². The first-order valence-electron chi connectivity index (χ1n) is 13.0. The van der Waals surface area contributed by atoms with Crippen LogP contribution in [0.25, 0.3) is 11.1 Å². The number of likely N-dealkylation sites (tertiary alicyclic amines) is 1. The van der Waals surface area contributed by atoms with Crippen LogP contribution in [-0.4, -0.2) is 69.8 Å². The Morgan fingerprint density at radius 3 is 2.59 bits per heavy atom. The van der Waals surface area contributed by atoms with Gasteiger partial charge < -0.3 is 14.4 Å². The van der Waals surface area contributed by atoms with Crippen LogP contribution < -0.4 is 14.4 Å². The minimum Gasteiger partial charge on any atom is -0.480 e. The molecule has 5 rings (SSSR count). The maximum atomic E-state index is 15.2. The van der Waals surface area contributed by atoms with Gasteiger partial charge >= 0.3 is 0 Å². The summed E-state index contributed by atoms with van der Waals surface area (Å²) in [5.74, 6) is -0.400. The zero-order valence-electron chi connectivity index (χ0n) is 22.5. The van der Waals surface area contributed by atoms with Gasteiger partial charge in [-0.2, -0.15) is 0 Å². The van der Waals surface area contributed by atoms with Crippen molar-refractivity contribution >= 4 is 21.4 Å². The fraction of sp³-hybridized carbons (Fsp3) is 0.429. The van der Waals surface area contributed by atoms with E-state index in [2.05, 4.69) is 33.4 Å². The average molecular weight is 556 g/mol. The Kier molecular flexibility index (Phi) is 7.75. The van der Waals surface area contributed by atoms with E-state index in [0.29, 0.717) is 49.7 Å². The number of nitrogens with one attached hydrogen (secondary N) is 1. The Morgan fingerprint density at radius 1 is 1.10 bits per heavy atom. The summed E-state index contributed by atoms with van der Waals surface area (Å²) in [7, 11) is -2.72. The molecule has 0 radical (unpaired) electrons. The van der Waals surface area contributed by atoms with Crippen molar-refractivity contribution in [1.82, 2.24) is 14.9 Å². The van der Waals surface area contributed by atoms with Crippen LogP contribution in [0.2, 0.25) is 0 Å². The van der Waals surface area contributed by atoms with Crippen molar-refractivity contribution < 1.29 is 22.3 Å². The molecule has 2 fully saturated rings. The summed E-state index contributed by atoms with van der Waals surface area (Å²) in [6.45, 7) is 9.54.